The van der Waals surface area contributed by atoms with Crippen LogP contribution in [0.25, 0.3) is 0 Å². The summed E-state index contributed by atoms with van der Waals surface area (Å²) in [7, 11) is 3.69. The van der Waals surface area contributed by atoms with Crippen LogP contribution in [0.3, 0.4) is 0 Å². The molecule has 0 aromatic carbocycles. The maximum absolute atomic E-state index is 5.22. The Kier molecular flexibility index (Phi) is 4.78. The first-order valence-corrected chi connectivity index (χ1v) is 5.41. The number of nitrogens with one attached hydrogen (secondary N) is 1. The second kappa shape index (κ2) is 5.88. The van der Waals surface area contributed by atoms with Gasteiger partial charge in [-0.25, -0.2) is 0 Å². The van der Waals surface area contributed by atoms with E-state index in [2.05, 4.69) is 24.3 Å². The van der Waals surface area contributed by atoms with Gasteiger partial charge < -0.3 is 10.1 Å². The van der Waals surface area contributed by atoms with Gasteiger partial charge in [-0.2, -0.15) is 5.10 Å². The normalized spacial score (nSPS) is 13.1. The lowest BCUT2D eigenvalue weighted by molar-refractivity contribution is 0.167. The van der Waals surface area contributed by atoms with Crippen LogP contribution in [0, 0.1) is 6.92 Å². The second-order valence-electron chi connectivity index (χ2n) is 3.77. The number of hydrogen-bond acceptors (Lipinski definition) is 3. The Labute approximate surface area is 91.6 Å². The van der Waals surface area contributed by atoms with Gasteiger partial charge in [0, 0.05) is 25.4 Å². The molecule has 0 spiro atoms. The summed E-state index contributed by atoms with van der Waals surface area (Å²) >= 11 is 0. The average Bonchev–Trinajstić information content (AvgIpc) is 2.55. The van der Waals surface area contributed by atoms with Gasteiger partial charge in [-0.3, -0.25) is 4.68 Å². The van der Waals surface area contributed by atoms with Crippen molar-refractivity contribution in [3.8, 4) is 0 Å². The zero-order chi connectivity index (χ0) is 11.3. The summed E-state index contributed by atoms with van der Waals surface area (Å²) in [6.45, 7) is 5.93. The largest absolute Gasteiger partial charge is 0.383 e. The molecule has 0 aliphatic rings. The Hall–Kier alpha value is -0.870. The zero-order valence-electron chi connectivity index (χ0n) is 10.1. The van der Waals surface area contributed by atoms with E-state index in [0.29, 0.717) is 6.61 Å². The first-order chi connectivity index (χ1) is 7.20. The van der Waals surface area contributed by atoms with Crippen molar-refractivity contribution in [3.63, 3.8) is 0 Å². The van der Waals surface area contributed by atoms with Gasteiger partial charge in [0.1, 0.15) is 0 Å². The molecule has 4 nitrogen and oxygen atoms in total. The van der Waals surface area contributed by atoms with Gasteiger partial charge in [-0.15, -0.1) is 0 Å². The zero-order valence-corrected chi connectivity index (χ0v) is 10.1. The van der Waals surface area contributed by atoms with Crippen molar-refractivity contribution in [2.45, 2.75) is 26.3 Å². The van der Waals surface area contributed by atoms with E-state index in [1.807, 2.05) is 17.9 Å². The van der Waals surface area contributed by atoms with Crippen LogP contribution in [-0.4, -0.2) is 30.0 Å². The van der Waals surface area contributed by atoms with Crippen LogP contribution in [-0.2, 0) is 11.8 Å². The molecule has 1 rings (SSSR count). The minimum atomic E-state index is 0.253. The smallest absolute Gasteiger partial charge is 0.0658 e. The van der Waals surface area contributed by atoms with Gasteiger partial charge in [0.2, 0.25) is 0 Å². The molecule has 0 saturated carbocycles. The molecule has 0 fully saturated rings. The van der Waals surface area contributed by atoms with Crippen LogP contribution < -0.4 is 5.32 Å². The van der Waals surface area contributed by atoms with Crippen molar-refractivity contribution < 1.29 is 4.74 Å². The van der Waals surface area contributed by atoms with Crippen molar-refractivity contribution in [1.82, 2.24) is 15.1 Å². The maximum atomic E-state index is 5.22. The van der Waals surface area contributed by atoms with E-state index in [1.165, 1.54) is 11.3 Å². The topological polar surface area (TPSA) is 39.1 Å². The highest BCUT2D eigenvalue weighted by atomic mass is 16.5. The standard InChI is InChI=1S/C11H21N3O/c1-5-6-12-11(8-15-4)10-7-13-14(3)9(10)2/h7,11-12H,5-6,8H2,1-4H3. The third-order valence-electron chi connectivity index (χ3n) is 2.62. The van der Waals surface area contributed by atoms with E-state index in [9.17, 15) is 0 Å². The summed E-state index contributed by atoms with van der Waals surface area (Å²) in [5.41, 5.74) is 2.42. The lowest BCUT2D eigenvalue weighted by Crippen LogP contribution is -2.26. The van der Waals surface area contributed by atoms with Gasteiger partial charge in [-0.1, -0.05) is 6.92 Å². The number of methoxy groups -OCH3 is 1. The molecule has 86 valence electrons. The molecule has 15 heavy (non-hydrogen) atoms. The van der Waals surface area contributed by atoms with Crippen molar-refractivity contribution in [3.05, 3.63) is 17.5 Å². The van der Waals surface area contributed by atoms with E-state index >= 15 is 0 Å². The summed E-state index contributed by atoms with van der Waals surface area (Å²) < 4.78 is 7.11. The van der Waals surface area contributed by atoms with Gasteiger partial charge in [-0.05, 0) is 19.9 Å². The third kappa shape index (κ3) is 3.04. The predicted octanol–water partition coefficient (Wildman–Crippen LogP) is 1.42. The summed E-state index contributed by atoms with van der Waals surface area (Å²) in [6, 6.07) is 0.253. The fourth-order valence-corrected chi connectivity index (χ4v) is 1.60. The van der Waals surface area contributed by atoms with Crippen molar-refractivity contribution in [2.24, 2.45) is 7.05 Å². The number of rotatable bonds is 6. The summed E-state index contributed by atoms with van der Waals surface area (Å²) in [5.74, 6) is 0. The molecule has 1 aromatic heterocycles. The van der Waals surface area contributed by atoms with E-state index in [4.69, 9.17) is 4.74 Å². The van der Waals surface area contributed by atoms with Gasteiger partial charge in [0.05, 0.1) is 18.8 Å². The van der Waals surface area contributed by atoms with Crippen LogP contribution in [0.15, 0.2) is 6.20 Å². The molecule has 1 atom stereocenters. The lowest BCUT2D eigenvalue weighted by atomic mass is 10.1. The Morgan fingerprint density at radius 2 is 2.33 bits per heavy atom. The second-order valence-corrected chi connectivity index (χ2v) is 3.77. The van der Waals surface area contributed by atoms with Crippen LogP contribution in [0.1, 0.15) is 30.6 Å². The molecule has 0 bridgehead atoms. The van der Waals surface area contributed by atoms with Crippen LogP contribution >= 0.6 is 0 Å². The molecule has 1 N–H and O–H groups in total. The van der Waals surface area contributed by atoms with Gasteiger partial charge in [0.25, 0.3) is 0 Å². The van der Waals surface area contributed by atoms with Crippen LogP contribution in [0.2, 0.25) is 0 Å². The number of aromatic nitrogens is 2. The molecule has 0 amide bonds. The summed E-state index contributed by atoms with van der Waals surface area (Å²) in [6.07, 6.45) is 3.04. The van der Waals surface area contributed by atoms with Crippen LogP contribution in [0.5, 0.6) is 0 Å². The van der Waals surface area contributed by atoms with E-state index < -0.39 is 0 Å². The van der Waals surface area contributed by atoms with Crippen LogP contribution in [0.4, 0.5) is 0 Å². The Morgan fingerprint density at radius 3 is 2.80 bits per heavy atom. The van der Waals surface area contributed by atoms with E-state index in [1.54, 1.807) is 7.11 Å². The molecule has 1 aromatic rings. The Balaban J connectivity index is 2.74. The number of ether oxygens (including phenoxy) is 1. The monoisotopic (exact) mass is 211 g/mol. The molecule has 0 aliphatic carbocycles. The van der Waals surface area contributed by atoms with Crippen molar-refractivity contribution in [1.29, 1.82) is 0 Å². The third-order valence-corrected chi connectivity index (χ3v) is 2.62. The molecule has 0 saturated heterocycles. The van der Waals surface area contributed by atoms with E-state index in [-0.39, 0.29) is 6.04 Å². The number of hydrogen-bond donors (Lipinski definition) is 1. The van der Waals surface area contributed by atoms with Crippen molar-refractivity contribution in [2.75, 3.05) is 20.3 Å². The maximum Gasteiger partial charge on any atom is 0.0658 e. The molecular formula is C11H21N3O. The van der Waals surface area contributed by atoms with E-state index in [0.717, 1.165) is 13.0 Å². The first kappa shape index (κ1) is 12.2. The van der Waals surface area contributed by atoms with Crippen molar-refractivity contribution >= 4 is 0 Å². The highest BCUT2D eigenvalue weighted by molar-refractivity contribution is 5.20. The minimum absolute atomic E-state index is 0.253. The summed E-state index contributed by atoms with van der Waals surface area (Å²) in [5, 5.41) is 7.71. The molecule has 0 radical (unpaired) electrons. The SMILES string of the molecule is CCCNC(COC)c1cnn(C)c1C. The average molecular weight is 211 g/mol. The van der Waals surface area contributed by atoms with Gasteiger partial charge in [0.15, 0.2) is 0 Å². The number of aryl methyl sites for hydroxylation is 1. The lowest BCUT2D eigenvalue weighted by Gasteiger charge is -2.17. The Bertz CT molecular complexity index is 296. The first-order valence-electron chi connectivity index (χ1n) is 5.41. The minimum Gasteiger partial charge on any atom is -0.383 e. The number of nitrogens with zero attached hydrogens (tertiary/aromatic N) is 2. The molecule has 1 heterocycles. The molecule has 1 unspecified atom stereocenters. The molecular weight excluding hydrogens is 190 g/mol. The van der Waals surface area contributed by atoms with Gasteiger partial charge >= 0.3 is 0 Å². The summed E-state index contributed by atoms with van der Waals surface area (Å²) in [4.78, 5) is 0. The fourth-order valence-electron chi connectivity index (χ4n) is 1.60. The highest BCUT2D eigenvalue weighted by Crippen LogP contribution is 2.16. The quantitative estimate of drug-likeness (QED) is 0.773. The Morgan fingerprint density at radius 1 is 1.60 bits per heavy atom. The fraction of sp³-hybridized carbons (Fsp3) is 0.727. The molecule has 0 aliphatic heterocycles. The highest BCUT2D eigenvalue weighted by Gasteiger charge is 2.15. The molecule has 4 heteroatoms. The predicted molar refractivity (Wildman–Crippen MR) is 60.9 cm³/mol.